The Labute approximate surface area is 300 Å². The summed E-state index contributed by atoms with van der Waals surface area (Å²) in [5.74, 6) is -1.41. The molecule has 4 fully saturated rings. The summed E-state index contributed by atoms with van der Waals surface area (Å²) in [6.07, 6.45) is 6.37. The first-order chi connectivity index (χ1) is 25.2. The van der Waals surface area contributed by atoms with Gasteiger partial charge in [0.2, 0.25) is 17.8 Å². The molecule has 2 aromatic heterocycles. The number of imide groups is 1. The quantitative estimate of drug-likeness (QED) is 0.221. The molecular formula is C35H43FN12O4. The minimum absolute atomic E-state index is 0.102. The van der Waals surface area contributed by atoms with Crippen LogP contribution in [0.1, 0.15) is 59.5 Å². The van der Waals surface area contributed by atoms with Gasteiger partial charge in [-0.25, -0.2) is 9.37 Å². The van der Waals surface area contributed by atoms with Gasteiger partial charge in [-0.3, -0.25) is 29.4 Å². The molecule has 4 saturated heterocycles. The van der Waals surface area contributed by atoms with Gasteiger partial charge in [-0.05, 0) is 68.4 Å². The van der Waals surface area contributed by atoms with E-state index in [1.807, 2.05) is 11.0 Å². The minimum atomic E-state index is -0.769. The maximum atomic E-state index is 15.5. The van der Waals surface area contributed by atoms with Crippen molar-refractivity contribution in [3.8, 4) is 0 Å². The van der Waals surface area contributed by atoms with Gasteiger partial charge in [-0.1, -0.05) is 0 Å². The minimum Gasteiger partial charge on any atom is -0.370 e. The summed E-state index contributed by atoms with van der Waals surface area (Å²) >= 11 is 0. The van der Waals surface area contributed by atoms with Crippen molar-refractivity contribution in [2.75, 3.05) is 78.9 Å². The van der Waals surface area contributed by atoms with Gasteiger partial charge >= 0.3 is 0 Å². The molecule has 6 heterocycles. The fourth-order valence-corrected chi connectivity index (χ4v) is 7.30. The lowest BCUT2D eigenvalue weighted by Gasteiger charge is -2.37. The molecular weight excluding hydrogens is 671 g/mol. The number of halogens is 1. The first kappa shape index (κ1) is 35.0. The molecule has 0 saturated carbocycles. The lowest BCUT2D eigenvalue weighted by molar-refractivity contribution is -0.134. The van der Waals surface area contributed by atoms with Crippen LogP contribution in [0, 0.1) is 11.7 Å². The number of anilines is 5. The van der Waals surface area contributed by atoms with Gasteiger partial charge in [0.25, 0.3) is 11.8 Å². The molecule has 0 bridgehead atoms. The highest BCUT2D eigenvalue weighted by Crippen LogP contribution is 2.29. The predicted octanol–water partition coefficient (Wildman–Crippen LogP) is 1.42. The van der Waals surface area contributed by atoms with Crippen LogP contribution >= 0.6 is 0 Å². The van der Waals surface area contributed by atoms with Gasteiger partial charge in [-0.15, -0.1) is 10.2 Å². The number of carbonyl (C=O) groups is 4. The largest absolute Gasteiger partial charge is 0.370 e. The number of aromatic nitrogens is 4. The number of hydrogen-bond acceptors (Lipinski definition) is 13. The summed E-state index contributed by atoms with van der Waals surface area (Å²) in [7, 11) is 0. The zero-order chi connectivity index (χ0) is 36.2. The summed E-state index contributed by atoms with van der Waals surface area (Å²) in [5, 5.41) is 16.1. The van der Waals surface area contributed by atoms with E-state index in [4.69, 9.17) is 5.73 Å². The van der Waals surface area contributed by atoms with Crippen molar-refractivity contribution in [3.05, 3.63) is 53.7 Å². The molecule has 3 aromatic rings. The number of nitrogens with two attached hydrogens (primary N) is 1. The lowest BCUT2D eigenvalue weighted by Crippen LogP contribution is -2.52. The molecule has 0 spiro atoms. The molecule has 16 nitrogen and oxygen atoms in total. The van der Waals surface area contributed by atoms with Crippen molar-refractivity contribution < 1.29 is 23.6 Å². The molecule has 5 N–H and O–H groups in total. The van der Waals surface area contributed by atoms with Crippen LogP contribution in [0.25, 0.3) is 0 Å². The Morgan fingerprint density at radius 3 is 2.44 bits per heavy atom. The molecule has 274 valence electrons. The van der Waals surface area contributed by atoms with Gasteiger partial charge in [0.1, 0.15) is 17.6 Å². The molecule has 52 heavy (non-hydrogen) atoms. The number of rotatable bonds is 10. The maximum Gasteiger partial charge on any atom is 0.273 e. The number of carbonyl (C=O) groups excluding carboxylic acids is 4. The molecule has 2 atom stereocenters. The van der Waals surface area contributed by atoms with Crippen LogP contribution in [0.3, 0.4) is 0 Å². The van der Waals surface area contributed by atoms with Crippen LogP contribution in [0.4, 0.5) is 33.2 Å². The highest BCUT2D eigenvalue weighted by molar-refractivity contribution is 6.03. The van der Waals surface area contributed by atoms with Crippen molar-refractivity contribution in [2.45, 2.75) is 44.6 Å². The summed E-state index contributed by atoms with van der Waals surface area (Å²) in [6, 6.07) is 7.68. The van der Waals surface area contributed by atoms with E-state index >= 15 is 4.39 Å². The number of piperazine rings is 1. The molecule has 0 radical (unpaired) electrons. The highest BCUT2D eigenvalue weighted by atomic mass is 19.1. The number of pyridine rings is 1. The van der Waals surface area contributed by atoms with Crippen molar-refractivity contribution in [1.29, 1.82) is 0 Å². The third kappa shape index (κ3) is 8.03. The van der Waals surface area contributed by atoms with Crippen LogP contribution in [-0.2, 0) is 9.59 Å². The fourth-order valence-electron chi connectivity index (χ4n) is 7.30. The molecule has 4 amide bonds. The molecule has 17 heteroatoms. The topological polar surface area (TPSA) is 195 Å². The Balaban J connectivity index is 0.888. The molecule has 0 aliphatic carbocycles. The number of nitrogens with zero attached hydrogens (tertiary/aromatic N) is 8. The average Bonchev–Trinajstić information content (AvgIpc) is 3.62. The van der Waals surface area contributed by atoms with Crippen LogP contribution in [0.5, 0.6) is 0 Å². The smallest absolute Gasteiger partial charge is 0.273 e. The summed E-state index contributed by atoms with van der Waals surface area (Å²) in [6.45, 7) is 7.28. The van der Waals surface area contributed by atoms with Crippen LogP contribution in [0.15, 0.2) is 36.5 Å². The molecule has 4 aliphatic rings. The summed E-state index contributed by atoms with van der Waals surface area (Å²) in [4.78, 5) is 65.7. The maximum absolute atomic E-state index is 15.5. The first-order valence-electron chi connectivity index (χ1n) is 17.9. The highest BCUT2D eigenvalue weighted by Gasteiger charge is 2.30. The van der Waals surface area contributed by atoms with Crippen LogP contribution < -0.4 is 36.4 Å². The number of piperidine rings is 2. The van der Waals surface area contributed by atoms with Gasteiger partial charge in [0, 0.05) is 71.0 Å². The molecule has 2 unspecified atom stereocenters. The first-order valence-corrected chi connectivity index (χ1v) is 17.9. The van der Waals surface area contributed by atoms with Crippen molar-refractivity contribution in [1.82, 2.24) is 35.7 Å². The molecule has 7 rings (SSSR count). The number of nitrogens with one attached hydrogen (secondary N) is 3. The SMILES string of the molecule is NC(=O)c1nnc(N2CCCCC2)nc1Nc1ccc(N2CCN(CC3CCN(c4ccc(C(=O)NC5CCC(=O)NC5=O)nc4)C3)CC2)c(F)c1. The normalized spacial score (nSPS) is 21.2. The predicted molar refractivity (Wildman–Crippen MR) is 191 cm³/mol. The third-order valence-electron chi connectivity index (χ3n) is 10.2. The van der Waals surface area contributed by atoms with Crippen molar-refractivity contribution in [2.24, 2.45) is 11.7 Å². The Morgan fingerprint density at radius 1 is 0.923 bits per heavy atom. The van der Waals surface area contributed by atoms with Crippen molar-refractivity contribution in [3.63, 3.8) is 0 Å². The van der Waals surface area contributed by atoms with Gasteiger partial charge < -0.3 is 31.1 Å². The van der Waals surface area contributed by atoms with Crippen LogP contribution in [0.2, 0.25) is 0 Å². The second-order valence-corrected chi connectivity index (χ2v) is 13.8. The Morgan fingerprint density at radius 2 is 1.73 bits per heavy atom. The number of primary amides is 1. The van der Waals surface area contributed by atoms with E-state index in [2.05, 4.69) is 50.8 Å². The average molecular weight is 715 g/mol. The monoisotopic (exact) mass is 714 g/mol. The van der Waals surface area contributed by atoms with Crippen LogP contribution in [-0.4, -0.2) is 114 Å². The molecule has 4 aliphatic heterocycles. The summed E-state index contributed by atoms with van der Waals surface area (Å²) in [5.41, 5.74) is 7.53. The van der Waals surface area contributed by atoms with E-state index in [1.165, 1.54) is 6.07 Å². The Hall–Kier alpha value is -5.45. The van der Waals surface area contributed by atoms with E-state index in [9.17, 15) is 19.2 Å². The van der Waals surface area contributed by atoms with E-state index in [0.717, 1.165) is 77.2 Å². The van der Waals surface area contributed by atoms with Gasteiger partial charge in [0.15, 0.2) is 11.5 Å². The second-order valence-electron chi connectivity index (χ2n) is 13.8. The molecule has 1 aromatic carbocycles. The number of hydrogen-bond donors (Lipinski definition) is 4. The summed E-state index contributed by atoms with van der Waals surface area (Å²) < 4.78 is 15.5. The second kappa shape index (κ2) is 15.4. The zero-order valence-electron chi connectivity index (χ0n) is 28.9. The number of benzene rings is 1. The standard InChI is InChI=1S/C35H43FN12O4/c36-25-18-23(39-32-30(31(37)50)43-44-35(42-32)47-11-2-1-3-12-47)4-8-28(25)46-16-14-45(15-17-46)20-22-10-13-48(21-22)24-5-6-26(38-19-24)33(51)40-27-7-9-29(49)41-34(27)52/h4-6,8,18-19,22,27H,1-3,7,9-17,20-21H2,(H2,37,50)(H,40,51)(H,39,42,44)(H,41,49,52). The van der Waals surface area contributed by atoms with E-state index in [1.54, 1.807) is 24.4 Å². The van der Waals surface area contributed by atoms with Gasteiger partial charge in [-0.2, -0.15) is 4.98 Å². The Kier molecular flexibility index (Phi) is 10.4. The Bertz CT molecular complexity index is 1810. The van der Waals surface area contributed by atoms with Gasteiger partial charge in [0.05, 0.1) is 17.6 Å². The van der Waals surface area contributed by atoms with E-state index in [0.29, 0.717) is 36.3 Å². The fraction of sp³-hybridized carbons (Fsp3) is 0.486. The lowest BCUT2D eigenvalue weighted by atomic mass is 10.1. The zero-order valence-corrected chi connectivity index (χ0v) is 28.9. The number of amides is 4. The third-order valence-corrected chi connectivity index (χ3v) is 10.2. The van der Waals surface area contributed by atoms with E-state index in [-0.39, 0.29) is 41.8 Å². The van der Waals surface area contributed by atoms with E-state index < -0.39 is 23.8 Å². The van der Waals surface area contributed by atoms with Crippen molar-refractivity contribution >= 4 is 52.5 Å².